The molecule has 3 aliphatic heterocycles. The summed E-state index contributed by atoms with van der Waals surface area (Å²) < 4.78 is 36.9. The van der Waals surface area contributed by atoms with Crippen molar-refractivity contribution in [3.8, 4) is 17.3 Å². The summed E-state index contributed by atoms with van der Waals surface area (Å²) in [7, 11) is 2.13. The maximum absolute atomic E-state index is 16.4. The molecule has 2 fully saturated rings. The largest absolute Gasteiger partial charge is 0.389 e. The van der Waals surface area contributed by atoms with Gasteiger partial charge in [0.15, 0.2) is 11.6 Å². The van der Waals surface area contributed by atoms with Crippen LogP contribution < -0.4 is 10.6 Å². The zero-order valence-electron chi connectivity index (χ0n) is 19.4. The molecule has 7 rings (SSSR count). The number of fused-ring (bicyclic) bond motifs is 4. The highest BCUT2D eigenvalue weighted by Gasteiger charge is 2.47. The van der Waals surface area contributed by atoms with E-state index in [9.17, 15) is 9.65 Å². The average molecular weight is 506 g/mol. The molecule has 36 heavy (non-hydrogen) atoms. The minimum atomic E-state index is -0.602. The van der Waals surface area contributed by atoms with Crippen molar-refractivity contribution in [3.05, 3.63) is 40.7 Å². The number of aromatic nitrogens is 3. The van der Waals surface area contributed by atoms with Crippen LogP contribution in [-0.4, -0.2) is 52.1 Å². The first kappa shape index (κ1) is 21.8. The first-order valence-electron chi connectivity index (χ1n) is 11.7. The average Bonchev–Trinajstić information content (AvgIpc) is 3.62. The van der Waals surface area contributed by atoms with E-state index in [0.717, 1.165) is 55.6 Å². The molecule has 6 heterocycles. The number of nitrogens with two attached hydrogens (primary N) is 1. The van der Waals surface area contributed by atoms with Crippen molar-refractivity contribution in [2.45, 2.75) is 31.6 Å². The molecule has 0 aliphatic carbocycles. The van der Waals surface area contributed by atoms with Gasteiger partial charge in [-0.15, -0.1) is 11.3 Å². The molecule has 8 nitrogen and oxygen atoms in total. The lowest BCUT2D eigenvalue weighted by atomic mass is 9.85. The summed E-state index contributed by atoms with van der Waals surface area (Å²) >= 11 is 0.959. The van der Waals surface area contributed by atoms with E-state index >= 15 is 4.39 Å². The van der Waals surface area contributed by atoms with Crippen LogP contribution in [0.3, 0.4) is 0 Å². The summed E-state index contributed by atoms with van der Waals surface area (Å²) in [6, 6.07) is 2.04. The second-order valence-corrected chi connectivity index (χ2v) is 10.8. The van der Waals surface area contributed by atoms with Crippen LogP contribution >= 0.6 is 11.3 Å². The molecule has 0 saturated carbocycles. The van der Waals surface area contributed by atoms with Crippen LogP contribution in [0.4, 0.5) is 19.7 Å². The van der Waals surface area contributed by atoms with E-state index < -0.39 is 11.6 Å². The van der Waals surface area contributed by atoms with E-state index in [1.54, 1.807) is 6.20 Å². The smallest absolute Gasteiger partial charge is 0.226 e. The Bertz CT molecular complexity index is 1650. The van der Waals surface area contributed by atoms with E-state index in [2.05, 4.69) is 26.8 Å². The molecule has 182 valence electrons. The second-order valence-electron chi connectivity index (χ2n) is 9.75. The Labute approximate surface area is 208 Å². The lowest BCUT2D eigenvalue weighted by Gasteiger charge is -2.48. The number of likely N-dealkylation sites (tertiary alicyclic amines) is 1. The third kappa shape index (κ3) is 2.80. The maximum Gasteiger partial charge on any atom is 0.226 e. The molecular formula is C25H21F2N7OS. The molecule has 0 bridgehead atoms. The van der Waals surface area contributed by atoms with Crippen molar-refractivity contribution in [3.63, 3.8) is 0 Å². The fraction of sp³-hybridized carbons (Fsp3) is 0.360. The van der Waals surface area contributed by atoms with Gasteiger partial charge in [0.05, 0.1) is 35.4 Å². The molecule has 1 spiro atoms. The Balaban J connectivity index is 1.45. The zero-order chi connectivity index (χ0) is 24.8. The van der Waals surface area contributed by atoms with Gasteiger partial charge in [0.2, 0.25) is 5.95 Å². The lowest BCUT2D eigenvalue weighted by molar-refractivity contribution is 0.0306. The van der Waals surface area contributed by atoms with Crippen LogP contribution in [-0.2, 0) is 18.0 Å². The number of pyridine rings is 1. The number of nitrogen functional groups attached to an aromatic ring is 1. The molecule has 2 N–H and O–H groups in total. The highest BCUT2D eigenvalue weighted by Crippen LogP contribution is 2.45. The monoisotopic (exact) mass is 505 g/mol. The standard InChI is InChI=1S/C25H21F2N7OS/c1-33-4-2-25(33)3-5-34(11-25)24-31-7-13-14-9-35-10-15(14)17(19(27)20(13)32-24)21-18-12(6-28)23(29)36-22(18)16(26)8-30-21/h7-8H,2-5,9-11,29H2,1H3/t25-/m0/s1. The topological polar surface area (TPSA) is 104 Å². The molecule has 11 heteroatoms. The maximum atomic E-state index is 16.4. The zero-order valence-corrected chi connectivity index (χ0v) is 20.3. The van der Waals surface area contributed by atoms with Crippen molar-refractivity contribution in [1.29, 1.82) is 5.26 Å². The highest BCUT2D eigenvalue weighted by molar-refractivity contribution is 7.23. The Hall–Kier alpha value is -3.46. The number of benzene rings is 1. The fourth-order valence-electron chi connectivity index (χ4n) is 5.89. The van der Waals surface area contributed by atoms with Gasteiger partial charge >= 0.3 is 0 Å². The van der Waals surface area contributed by atoms with Crippen LogP contribution in [0.2, 0.25) is 0 Å². The summed E-state index contributed by atoms with van der Waals surface area (Å²) in [6.07, 6.45) is 4.87. The van der Waals surface area contributed by atoms with Crippen molar-refractivity contribution in [1.82, 2.24) is 19.9 Å². The van der Waals surface area contributed by atoms with Gasteiger partial charge in [-0.3, -0.25) is 9.88 Å². The van der Waals surface area contributed by atoms with E-state index in [-0.39, 0.29) is 56.2 Å². The van der Waals surface area contributed by atoms with Gasteiger partial charge in [0, 0.05) is 47.7 Å². The number of ether oxygens (including phenoxy) is 1. The first-order valence-corrected chi connectivity index (χ1v) is 12.5. The first-order chi connectivity index (χ1) is 17.4. The Morgan fingerprint density at radius 2 is 1.97 bits per heavy atom. The number of rotatable bonds is 2. The molecule has 2 saturated heterocycles. The number of halogens is 2. The number of nitriles is 1. The predicted octanol–water partition coefficient (Wildman–Crippen LogP) is 3.95. The van der Waals surface area contributed by atoms with Crippen LogP contribution in [0, 0.1) is 23.0 Å². The Morgan fingerprint density at radius 1 is 1.17 bits per heavy atom. The van der Waals surface area contributed by atoms with Gasteiger partial charge in [-0.2, -0.15) is 5.26 Å². The number of hydrogen-bond donors (Lipinski definition) is 1. The van der Waals surface area contributed by atoms with Crippen LogP contribution in [0.15, 0.2) is 12.4 Å². The van der Waals surface area contributed by atoms with Gasteiger partial charge in [0.25, 0.3) is 0 Å². The molecule has 1 atom stereocenters. The summed E-state index contributed by atoms with van der Waals surface area (Å²) in [6.45, 7) is 3.13. The fourth-order valence-corrected chi connectivity index (χ4v) is 6.81. The molecular weight excluding hydrogens is 484 g/mol. The minimum absolute atomic E-state index is 0.0968. The molecule has 0 unspecified atom stereocenters. The molecule has 0 radical (unpaired) electrons. The van der Waals surface area contributed by atoms with Crippen molar-refractivity contribution >= 4 is 43.3 Å². The number of anilines is 2. The molecule has 1 aromatic carbocycles. The summed E-state index contributed by atoms with van der Waals surface area (Å²) in [4.78, 5) is 18.0. The Kier molecular flexibility index (Phi) is 4.55. The van der Waals surface area contributed by atoms with Gasteiger partial charge in [-0.1, -0.05) is 0 Å². The van der Waals surface area contributed by atoms with Gasteiger partial charge in [-0.05, 0) is 31.0 Å². The minimum Gasteiger partial charge on any atom is -0.389 e. The number of hydrogen-bond acceptors (Lipinski definition) is 9. The van der Waals surface area contributed by atoms with Crippen LogP contribution in [0.5, 0.6) is 0 Å². The van der Waals surface area contributed by atoms with Crippen molar-refractivity contribution in [2.75, 3.05) is 37.3 Å². The van der Waals surface area contributed by atoms with E-state index in [1.165, 1.54) is 0 Å². The molecule has 3 aromatic heterocycles. The summed E-state index contributed by atoms with van der Waals surface area (Å²) in [5, 5.41) is 10.7. The van der Waals surface area contributed by atoms with Crippen LogP contribution in [0.25, 0.3) is 32.2 Å². The van der Waals surface area contributed by atoms with Crippen molar-refractivity contribution in [2.24, 2.45) is 0 Å². The lowest BCUT2D eigenvalue weighted by Crippen LogP contribution is -2.59. The molecule has 4 aromatic rings. The van der Waals surface area contributed by atoms with Gasteiger partial charge < -0.3 is 15.4 Å². The number of nitrogens with zero attached hydrogens (tertiary/aromatic N) is 6. The quantitative estimate of drug-likeness (QED) is 0.437. The van der Waals surface area contributed by atoms with Crippen molar-refractivity contribution < 1.29 is 13.5 Å². The third-order valence-corrected chi connectivity index (χ3v) is 9.10. The predicted molar refractivity (Wildman–Crippen MR) is 132 cm³/mol. The summed E-state index contributed by atoms with van der Waals surface area (Å²) in [5.41, 5.74) is 8.17. The SMILES string of the molecule is CN1CC[C@@]12CCN(c1ncc3c4c(c(-c5ncc(F)c6sc(N)c(C#N)c56)c(F)c3n1)COC4)C2. The number of thiophene rings is 1. The normalized spacial score (nSPS) is 21.4. The number of likely N-dealkylation sites (N-methyl/N-ethyl adjacent to an activating group) is 1. The van der Waals surface area contributed by atoms with E-state index in [4.69, 9.17) is 15.5 Å². The van der Waals surface area contributed by atoms with Gasteiger partial charge in [-0.25, -0.2) is 18.7 Å². The third-order valence-electron chi connectivity index (χ3n) is 8.07. The van der Waals surface area contributed by atoms with E-state index in [1.807, 2.05) is 6.07 Å². The Morgan fingerprint density at radius 3 is 2.69 bits per heavy atom. The van der Waals surface area contributed by atoms with E-state index in [0.29, 0.717) is 16.9 Å². The molecule has 3 aliphatic rings. The second kappa shape index (κ2) is 7.52. The van der Waals surface area contributed by atoms with Gasteiger partial charge in [0.1, 0.15) is 16.6 Å². The van der Waals surface area contributed by atoms with Crippen LogP contribution in [0.1, 0.15) is 29.5 Å². The summed E-state index contributed by atoms with van der Waals surface area (Å²) in [5.74, 6) is -0.700. The molecule has 0 amide bonds. The highest BCUT2D eigenvalue weighted by atomic mass is 32.1.